The monoisotopic (exact) mass is 234 g/mol. The third-order valence-corrected chi connectivity index (χ3v) is 3.57. The van der Waals surface area contributed by atoms with Gasteiger partial charge in [0, 0.05) is 23.8 Å². The summed E-state index contributed by atoms with van der Waals surface area (Å²) in [4.78, 5) is 2.96. The largest absolute Gasteiger partial charge is 0.389 e. The highest BCUT2D eigenvalue weighted by Crippen LogP contribution is 2.27. The van der Waals surface area contributed by atoms with E-state index in [-0.39, 0.29) is 0 Å². The molecule has 2 N–H and O–H groups in total. The van der Waals surface area contributed by atoms with Crippen molar-refractivity contribution in [1.82, 2.24) is 0 Å². The van der Waals surface area contributed by atoms with Crippen molar-refractivity contribution in [2.45, 2.75) is 32.2 Å². The fourth-order valence-corrected chi connectivity index (χ4v) is 2.55. The summed E-state index contributed by atoms with van der Waals surface area (Å²) in [7, 11) is 0. The highest BCUT2D eigenvalue weighted by Gasteiger charge is 2.22. The van der Waals surface area contributed by atoms with Crippen LogP contribution in [0.5, 0.6) is 0 Å². The fraction of sp³-hybridized carbons (Fsp3) is 0.462. The second kappa shape index (κ2) is 4.83. The average Bonchev–Trinajstić information content (AvgIpc) is 2.77. The van der Waals surface area contributed by atoms with E-state index in [4.69, 9.17) is 18.0 Å². The Balaban J connectivity index is 2.18. The Morgan fingerprint density at radius 2 is 2.12 bits per heavy atom. The van der Waals surface area contributed by atoms with E-state index in [0.29, 0.717) is 11.0 Å². The average molecular weight is 234 g/mol. The number of hydrogen-bond acceptors (Lipinski definition) is 2. The summed E-state index contributed by atoms with van der Waals surface area (Å²) in [5, 5.41) is 0. The van der Waals surface area contributed by atoms with Gasteiger partial charge in [-0.3, -0.25) is 0 Å². The van der Waals surface area contributed by atoms with Gasteiger partial charge in [-0.15, -0.1) is 0 Å². The van der Waals surface area contributed by atoms with E-state index < -0.39 is 0 Å². The van der Waals surface area contributed by atoms with Crippen molar-refractivity contribution in [3.05, 3.63) is 29.8 Å². The first-order valence-electron chi connectivity index (χ1n) is 5.89. The van der Waals surface area contributed by atoms with Gasteiger partial charge in [0.15, 0.2) is 0 Å². The van der Waals surface area contributed by atoms with E-state index >= 15 is 0 Å². The molecule has 1 aromatic rings. The minimum atomic E-state index is 0.472. The molecule has 1 atom stereocenters. The maximum absolute atomic E-state index is 5.59. The van der Waals surface area contributed by atoms with Gasteiger partial charge in [0.05, 0.1) is 0 Å². The van der Waals surface area contributed by atoms with Crippen LogP contribution in [-0.4, -0.2) is 17.6 Å². The number of nitrogens with zero attached hydrogens (tertiary/aromatic N) is 1. The van der Waals surface area contributed by atoms with Crippen molar-refractivity contribution in [3.63, 3.8) is 0 Å². The first kappa shape index (κ1) is 11.4. The van der Waals surface area contributed by atoms with E-state index in [1.807, 2.05) is 12.1 Å². The summed E-state index contributed by atoms with van der Waals surface area (Å²) in [5.41, 5.74) is 7.83. The highest BCUT2D eigenvalue weighted by molar-refractivity contribution is 7.80. The molecule has 0 bridgehead atoms. The van der Waals surface area contributed by atoms with E-state index in [1.54, 1.807) is 0 Å². The van der Waals surface area contributed by atoms with Gasteiger partial charge < -0.3 is 10.6 Å². The van der Waals surface area contributed by atoms with Gasteiger partial charge in [-0.1, -0.05) is 19.1 Å². The summed E-state index contributed by atoms with van der Waals surface area (Å²) in [6.45, 7) is 3.43. The van der Waals surface area contributed by atoms with Crippen LogP contribution in [0, 0.1) is 0 Å². The molecular weight excluding hydrogens is 216 g/mol. The minimum Gasteiger partial charge on any atom is -0.389 e. The van der Waals surface area contributed by atoms with Gasteiger partial charge in [0.1, 0.15) is 4.99 Å². The van der Waals surface area contributed by atoms with E-state index in [9.17, 15) is 0 Å². The van der Waals surface area contributed by atoms with Gasteiger partial charge in [-0.25, -0.2) is 0 Å². The molecule has 1 heterocycles. The summed E-state index contributed by atoms with van der Waals surface area (Å²) in [5.74, 6) is 0. The molecule has 2 rings (SSSR count). The number of nitrogens with two attached hydrogens (primary N) is 1. The van der Waals surface area contributed by atoms with Crippen LogP contribution in [0.15, 0.2) is 24.3 Å². The summed E-state index contributed by atoms with van der Waals surface area (Å²) >= 11 is 4.95. The maximum atomic E-state index is 5.59. The van der Waals surface area contributed by atoms with Crippen molar-refractivity contribution < 1.29 is 0 Å². The zero-order valence-electron chi connectivity index (χ0n) is 9.65. The van der Waals surface area contributed by atoms with Gasteiger partial charge in [0.2, 0.25) is 0 Å². The molecule has 1 saturated heterocycles. The molecule has 0 radical (unpaired) electrons. The van der Waals surface area contributed by atoms with E-state index in [0.717, 1.165) is 5.56 Å². The van der Waals surface area contributed by atoms with Crippen LogP contribution in [0.2, 0.25) is 0 Å². The zero-order chi connectivity index (χ0) is 11.5. The van der Waals surface area contributed by atoms with Crippen LogP contribution in [0.25, 0.3) is 0 Å². The van der Waals surface area contributed by atoms with Crippen LogP contribution in [0.4, 0.5) is 5.69 Å². The maximum Gasteiger partial charge on any atom is 0.103 e. The second-order valence-electron chi connectivity index (χ2n) is 4.31. The summed E-state index contributed by atoms with van der Waals surface area (Å²) < 4.78 is 0. The lowest BCUT2D eigenvalue weighted by Gasteiger charge is -2.26. The molecule has 0 aliphatic carbocycles. The lowest BCUT2D eigenvalue weighted by Crippen LogP contribution is -2.28. The first-order valence-corrected chi connectivity index (χ1v) is 6.29. The minimum absolute atomic E-state index is 0.472. The highest BCUT2D eigenvalue weighted by atomic mass is 32.1. The fourth-order valence-electron chi connectivity index (χ4n) is 2.42. The van der Waals surface area contributed by atoms with Crippen LogP contribution >= 0.6 is 12.2 Å². The molecule has 1 aromatic carbocycles. The molecule has 1 unspecified atom stereocenters. The van der Waals surface area contributed by atoms with Crippen molar-refractivity contribution in [1.29, 1.82) is 0 Å². The molecular formula is C13H18N2S. The van der Waals surface area contributed by atoms with Crippen molar-refractivity contribution in [2.75, 3.05) is 11.4 Å². The number of rotatable bonds is 3. The predicted molar refractivity (Wildman–Crippen MR) is 73.0 cm³/mol. The number of anilines is 1. The zero-order valence-corrected chi connectivity index (χ0v) is 10.5. The smallest absolute Gasteiger partial charge is 0.103 e. The molecule has 16 heavy (non-hydrogen) atoms. The van der Waals surface area contributed by atoms with Crippen molar-refractivity contribution >= 4 is 22.9 Å². The Hall–Kier alpha value is -1.09. The molecule has 1 aliphatic rings. The molecule has 0 amide bonds. The van der Waals surface area contributed by atoms with Gasteiger partial charge in [0.25, 0.3) is 0 Å². The molecule has 0 aromatic heterocycles. The second-order valence-corrected chi connectivity index (χ2v) is 4.75. The molecule has 86 valence electrons. The first-order chi connectivity index (χ1) is 7.72. The number of benzene rings is 1. The van der Waals surface area contributed by atoms with Crippen LogP contribution in [0.1, 0.15) is 31.7 Å². The van der Waals surface area contributed by atoms with Crippen LogP contribution in [-0.2, 0) is 0 Å². The van der Waals surface area contributed by atoms with Crippen molar-refractivity contribution in [3.8, 4) is 0 Å². The topological polar surface area (TPSA) is 29.3 Å². The SMILES string of the molecule is CCC1CCCN1c1ccc(C(N)=S)cc1. The molecule has 1 fully saturated rings. The third-order valence-electron chi connectivity index (χ3n) is 3.33. The van der Waals surface area contributed by atoms with Gasteiger partial charge >= 0.3 is 0 Å². The van der Waals surface area contributed by atoms with Crippen LogP contribution in [0.3, 0.4) is 0 Å². The van der Waals surface area contributed by atoms with Gasteiger partial charge in [-0.2, -0.15) is 0 Å². The van der Waals surface area contributed by atoms with E-state index in [1.165, 1.54) is 31.5 Å². The molecule has 3 heteroatoms. The Labute approximate surface area is 102 Å². The standard InChI is InChI=1S/C13H18N2S/c1-2-11-4-3-9-15(11)12-7-5-10(6-8-12)13(14)16/h5-8,11H,2-4,9H2,1H3,(H2,14,16). The molecule has 0 saturated carbocycles. The Morgan fingerprint density at radius 3 is 2.69 bits per heavy atom. The lowest BCUT2D eigenvalue weighted by atomic mass is 10.1. The lowest BCUT2D eigenvalue weighted by molar-refractivity contribution is 0.645. The quantitative estimate of drug-likeness (QED) is 0.815. The molecule has 0 spiro atoms. The molecule has 2 nitrogen and oxygen atoms in total. The Bertz CT molecular complexity index is 372. The summed E-state index contributed by atoms with van der Waals surface area (Å²) in [6.07, 6.45) is 3.83. The Morgan fingerprint density at radius 1 is 1.44 bits per heavy atom. The predicted octanol–water partition coefficient (Wildman–Crippen LogP) is 2.70. The number of hydrogen-bond donors (Lipinski definition) is 1. The number of thiocarbonyl (C=S) groups is 1. The summed E-state index contributed by atoms with van der Waals surface area (Å²) in [6, 6.07) is 8.99. The molecule has 1 aliphatic heterocycles. The van der Waals surface area contributed by atoms with Crippen molar-refractivity contribution in [2.24, 2.45) is 5.73 Å². The van der Waals surface area contributed by atoms with Gasteiger partial charge in [-0.05, 0) is 43.5 Å². The van der Waals surface area contributed by atoms with Crippen LogP contribution < -0.4 is 10.6 Å². The Kier molecular flexibility index (Phi) is 3.44. The normalized spacial score (nSPS) is 20.1. The third kappa shape index (κ3) is 2.19. The van der Waals surface area contributed by atoms with E-state index in [2.05, 4.69) is 24.0 Å².